The van der Waals surface area contributed by atoms with Gasteiger partial charge in [0, 0.05) is 6.04 Å². The zero-order valence-electron chi connectivity index (χ0n) is 10.6. The first-order chi connectivity index (χ1) is 7.17. The van der Waals surface area contributed by atoms with E-state index in [9.17, 15) is 0 Å². The maximum atomic E-state index is 5.78. The van der Waals surface area contributed by atoms with Crippen LogP contribution in [-0.2, 0) is 0 Å². The molecule has 0 radical (unpaired) electrons. The lowest BCUT2D eigenvalue weighted by molar-refractivity contribution is 0.389. The SMILES string of the molecule is CCCC1CC1NCC(CN)CC(C)C. The Morgan fingerprint density at radius 2 is 2.13 bits per heavy atom. The van der Waals surface area contributed by atoms with Crippen LogP contribution in [0.15, 0.2) is 0 Å². The van der Waals surface area contributed by atoms with Gasteiger partial charge < -0.3 is 11.1 Å². The second-order valence-electron chi connectivity index (χ2n) is 5.53. The molecule has 0 heterocycles. The monoisotopic (exact) mass is 212 g/mol. The van der Waals surface area contributed by atoms with Gasteiger partial charge in [-0.25, -0.2) is 0 Å². The Kier molecular flexibility index (Phi) is 5.62. The summed E-state index contributed by atoms with van der Waals surface area (Å²) < 4.78 is 0. The Bertz CT molecular complexity index is 168. The number of hydrogen-bond acceptors (Lipinski definition) is 2. The number of nitrogens with one attached hydrogen (secondary N) is 1. The molecule has 1 saturated carbocycles. The van der Waals surface area contributed by atoms with Gasteiger partial charge in [-0.3, -0.25) is 0 Å². The zero-order valence-corrected chi connectivity index (χ0v) is 10.6. The molecule has 3 unspecified atom stereocenters. The Labute approximate surface area is 95.0 Å². The van der Waals surface area contributed by atoms with Crippen molar-refractivity contribution in [2.45, 2.75) is 52.5 Å². The number of nitrogens with two attached hydrogens (primary N) is 1. The van der Waals surface area contributed by atoms with Gasteiger partial charge in [-0.15, -0.1) is 0 Å². The number of rotatable bonds is 8. The maximum Gasteiger partial charge on any atom is 0.00992 e. The van der Waals surface area contributed by atoms with E-state index in [0.717, 1.165) is 31.0 Å². The van der Waals surface area contributed by atoms with Crippen molar-refractivity contribution in [2.75, 3.05) is 13.1 Å². The van der Waals surface area contributed by atoms with E-state index < -0.39 is 0 Å². The van der Waals surface area contributed by atoms with Crippen LogP contribution in [0.25, 0.3) is 0 Å². The van der Waals surface area contributed by atoms with E-state index in [4.69, 9.17) is 5.73 Å². The second kappa shape index (κ2) is 6.49. The molecular weight excluding hydrogens is 184 g/mol. The third-order valence-corrected chi connectivity index (χ3v) is 3.39. The summed E-state index contributed by atoms with van der Waals surface area (Å²) in [6.45, 7) is 8.78. The normalized spacial score (nSPS) is 27.0. The zero-order chi connectivity index (χ0) is 11.3. The Hall–Kier alpha value is -0.0800. The Morgan fingerprint density at radius 3 is 2.67 bits per heavy atom. The van der Waals surface area contributed by atoms with Crippen molar-refractivity contribution in [3.63, 3.8) is 0 Å². The molecule has 3 atom stereocenters. The summed E-state index contributed by atoms with van der Waals surface area (Å²) >= 11 is 0. The fraction of sp³-hybridized carbons (Fsp3) is 1.00. The summed E-state index contributed by atoms with van der Waals surface area (Å²) in [4.78, 5) is 0. The standard InChI is InChI=1S/C13H28N2/c1-4-5-12-7-13(12)15-9-11(8-14)6-10(2)3/h10-13,15H,4-9,14H2,1-3H3. The van der Waals surface area contributed by atoms with Crippen molar-refractivity contribution in [3.8, 4) is 0 Å². The summed E-state index contributed by atoms with van der Waals surface area (Å²) in [7, 11) is 0. The smallest absolute Gasteiger partial charge is 0.00992 e. The first-order valence-corrected chi connectivity index (χ1v) is 6.60. The van der Waals surface area contributed by atoms with Crippen LogP contribution in [0.1, 0.15) is 46.5 Å². The lowest BCUT2D eigenvalue weighted by Crippen LogP contribution is -2.31. The van der Waals surface area contributed by atoms with Gasteiger partial charge >= 0.3 is 0 Å². The predicted octanol–water partition coefficient (Wildman–Crippen LogP) is 2.39. The highest BCUT2D eigenvalue weighted by atomic mass is 15.0. The molecular formula is C13H28N2. The van der Waals surface area contributed by atoms with Gasteiger partial charge in [0.1, 0.15) is 0 Å². The van der Waals surface area contributed by atoms with Gasteiger partial charge in [-0.1, -0.05) is 27.2 Å². The lowest BCUT2D eigenvalue weighted by Gasteiger charge is -2.17. The molecule has 2 nitrogen and oxygen atoms in total. The molecule has 2 heteroatoms. The van der Waals surface area contributed by atoms with Crippen molar-refractivity contribution in [1.29, 1.82) is 0 Å². The van der Waals surface area contributed by atoms with Gasteiger partial charge in [0.15, 0.2) is 0 Å². The highest BCUT2D eigenvalue weighted by Crippen LogP contribution is 2.34. The third kappa shape index (κ3) is 4.98. The molecule has 0 spiro atoms. The first-order valence-electron chi connectivity index (χ1n) is 6.60. The second-order valence-corrected chi connectivity index (χ2v) is 5.53. The van der Waals surface area contributed by atoms with Gasteiger partial charge in [0.2, 0.25) is 0 Å². The summed E-state index contributed by atoms with van der Waals surface area (Å²) in [5.74, 6) is 2.41. The third-order valence-electron chi connectivity index (χ3n) is 3.39. The van der Waals surface area contributed by atoms with Crippen molar-refractivity contribution in [1.82, 2.24) is 5.32 Å². The average molecular weight is 212 g/mol. The molecule has 1 fully saturated rings. The van der Waals surface area contributed by atoms with Crippen LogP contribution in [0.5, 0.6) is 0 Å². The molecule has 0 aromatic carbocycles. The fourth-order valence-corrected chi connectivity index (χ4v) is 2.44. The van der Waals surface area contributed by atoms with Crippen molar-refractivity contribution in [3.05, 3.63) is 0 Å². The molecule has 1 aliphatic carbocycles. The van der Waals surface area contributed by atoms with Crippen molar-refractivity contribution < 1.29 is 0 Å². The molecule has 0 aromatic heterocycles. The van der Waals surface area contributed by atoms with Crippen LogP contribution in [-0.4, -0.2) is 19.1 Å². The summed E-state index contributed by atoms with van der Waals surface area (Å²) in [6.07, 6.45) is 5.38. The molecule has 15 heavy (non-hydrogen) atoms. The molecule has 0 amide bonds. The highest BCUT2D eigenvalue weighted by Gasteiger charge is 2.35. The van der Waals surface area contributed by atoms with Crippen molar-refractivity contribution >= 4 is 0 Å². The number of hydrogen-bond donors (Lipinski definition) is 2. The van der Waals surface area contributed by atoms with Crippen LogP contribution in [0.3, 0.4) is 0 Å². The van der Waals surface area contributed by atoms with Crippen LogP contribution >= 0.6 is 0 Å². The van der Waals surface area contributed by atoms with Gasteiger partial charge in [0.05, 0.1) is 0 Å². The molecule has 1 rings (SSSR count). The first kappa shape index (κ1) is 13.0. The summed E-state index contributed by atoms with van der Waals surface area (Å²) in [6, 6.07) is 0.811. The summed E-state index contributed by atoms with van der Waals surface area (Å²) in [5.41, 5.74) is 5.78. The van der Waals surface area contributed by atoms with Crippen LogP contribution < -0.4 is 11.1 Å². The minimum absolute atomic E-state index is 0.674. The Balaban J connectivity index is 2.08. The molecule has 3 N–H and O–H groups in total. The largest absolute Gasteiger partial charge is 0.330 e. The molecule has 1 aliphatic rings. The van der Waals surface area contributed by atoms with Crippen molar-refractivity contribution in [2.24, 2.45) is 23.5 Å². The molecule has 0 aromatic rings. The topological polar surface area (TPSA) is 38.0 Å². The van der Waals surface area contributed by atoms with E-state index in [1.54, 1.807) is 0 Å². The minimum atomic E-state index is 0.674. The van der Waals surface area contributed by atoms with Gasteiger partial charge in [0.25, 0.3) is 0 Å². The van der Waals surface area contributed by atoms with E-state index in [-0.39, 0.29) is 0 Å². The van der Waals surface area contributed by atoms with E-state index in [0.29, 0.717) is 5.92 Å². The molecule has 90 valence electrons. The molecule has 0 bridgehead atoms. The van der Waals surface area contributed by atoms with E-state index in [1.807, 2.05) is 0 Å². The quantitative estimate of drug-likeness (QED) is 0.648. The summed E-state index contributed by atoms with van der Waals surface area (Å²) in [5, 5.41) is 3.67. The van der Waals surface area contributed by atoms with Crippen LogP contribution in [0.2, 0.25) is 0 Å². The van der Waals surface area contributed by atoms with Crippen LogP contribution in [0, 0.1) is 17.8 Å². The highest BCUT2D eigenvalue weighted by molar-refractivity contribution is 4.92. The van der Waals surface area contributed by atoms with Gasteiger partial charge in [-0.2, -0.15) is 0 Å². The molecule has 0 aliphatic heterocycles. The maximum absolute atomic E-state index is 5.78. The van der Waals surface area contributed by atoms with Crippen LogP contribution in [0.4, 0.5) is 0 Å². The van der Waals surface area contributed by atoms with E-state index in [1.165, 1.54) is 25.7 Å². The predicted molar refractivity (Wildman–Crippen MR) is 66.8 cm³/mol. The lowest BCUT2D eigenvalue weighted by atomic mass is 9.97. The van der Waals surface area contributed by atoms with E-state index in [2.05, 4.69) is 26.1 Å². The average Bonchev–Trinajstić information content (AvgIpc) is 2.91. The fourth-order valence-electron chi connectivity index (χ4n) is 2.44. The minimum Gasteiger partial charge on any atom is -0.330 e. The Morgan fingerprint density at radius 1 is 1.40 bits per heavy atom. The molecule has 0 saturated heterocycles. The van der Waals surface area contributed by atoms with Gasteiger partial charge in [-0.05, 0) is 50.1 Å². The van der Waals surface area contributed by atoms with E-state index >= 15 is 0 Å².